The van der Waals surface area contributed by atoms with Gasteiger partial charge in [0.25, 0.3) is 0 Å². The van der Waals surface area contributed by atoms with Crippen LogP contribution in [0.5, 0.6) is 0 Å². The number of piperazine rings is 1. The zero-order chi connectivity index (χ0) is 7.03. The van der Waals surface area contributed by atoms with Crippen LogP contribution in [0.2, 0.25) is 0 Å². The molecule has 0 amide bonds. The number of ether oxygens (including phenoxy) is 1. The van der Waals surface area contributed by atoms with E-state index in [1.807, 2.05) is 0 Å². The quantitative estimate of drug-likeness (QED) is 0.537. The number of methoxy groups -OCH3 is 1. The molecule has 0 radical (unpaired) electrons. The molecule has 3 aliphatic heterocycles. The van der Waals surface area contributed by atoms with Gasteiger partial charge in [-0.15, -0.1) is 0 Å². The van der Waals surface area contributed by atoms with Crippen molar-refractivity contribution >= 4 is 0 Å². The van der Waals surface area contributed by atoms with E-state index in [1.54, 1.807) is 7.11 Å². The maximum absolute atomic E-state index is 5.12. The normalized spacial score (nSPS) is 44.7. The molecule has 2 unspecified atom stereocenters. The Balaban J connectivity index is 1.92. The van der Waals surface area contributed by atoms with Crippen LogP contribution in [0, 0.1) is 0 Å². The molecule has 2 N–H and O–H groups in total. The summed E-state index contributed by atoms with van der Waals surface area (Å²) >= 11 is 0. The SMILES string of the molecule is COCC12CNCC(C1)N2. The molecule has 0 aromatic rings. The topological polar surface area (TPSA) is 33.3 Å². The van der Waals surface area contributed by atoms with E-state index in [4.69, 9.17) is 4.74 Å². The largest absolute Gasteiger partial charge is 0.383 e. The molecular formula is C7H14N2O. The van der Waals surface area contributed by atoms with E-state index in [0.29, 0.717) is 6.04 Å². The Labute approximate surface area is 61.1 Å². The first-order valence-corrected chi connectivity index (χ1v) is 3.82. The fraction of sp³-hybridized carbons (Fsp3) is 1.00. The van der Waals surface area contributed by atoms with E-state index in [0.717, 1.165) is 19.7 Å². The summed E-state index contributed by atoms with van der Waals surface area (Å²) in [5, 5.41) is 6.87. The van der Waals surface area contributed by atoms with Crippen molar-refractivity contribution in [3.8, 4) is 0 Å². The minimum absolute atomic E-state index is 0.289. The molecule has 2 atom stereocenters. The van der Waals surface area contributed by atoms with E-state index in [1.165, 1.54) is 6.42 Å². The lowest BCUT2D eigenvalue weighted by atomic mass is 9.79. The van der Waals surface area contributed by atoms with Gasteiger partial charge in [-0.2, -0.15) is 0 Å². The Morgan fingerprint density at radius 1 is 1.70 bits per heavy atom. The van der Waals surface area contributed by atoms with Gasteiger partial charge in [-0.1, -0.05) is 0 Å². The highest BCUT2D eigenvalue weighted by molar-refractivity contribution is 5.09. The van der Waals surface area contributed by atoms with Crippen molar-refractivity contribution in [1.29, 1.82) is 0 Å². The van der Waals surface area contributed by atoms with Gasteiger partial charge in [0.05, 0.1) is 12.1 Å². The van der Waals surface area contributed by atoms with Gasteiger partial charge < -0.3 is 15.4 Å². The molecule has 0 spiro atoms. The molecule has 3 rings (SSSR count). The minimum Gasteiger partial charge on any atom is -0.383 e. The molecule has 3 saturated heterocycles. The maximum Gasteiger partial charge on any atom is 0.0657 e. The third-order valence-corrected chi connectivity index (χ3v) is 2.42. The third kappa shape index (κ3) is 0.856. The van der Waals surface area contributed by atoms with Crippen molar-refractivity contribution in [3.63, 3.8) is 0 Å². The lowest BCUT2D eigenvalue weighted by molar-refractivity contribution is 0.0110. The summed E-state index contributed by atoms with van der Waals surface area (Å²) in [7, 11) is 1.76. The monoisotopic (exact) mass is 142 g/mol. The predicted octanol–water partition coefficient (Wildman–Crippen LogP) is -0.663. The van der Waals surface area contributed by atoms with Crippen LogP contribution in [0.15, 0.2) is 0 Å². The number of rotatable bonds is 2. The molecule has 0 saturated carbocycles. The van der Waals surface area contributed by atoms with Gasteiger partial charge in [0.15, 0.2) is 0 Å². The molecule has 0 aromatic heterocycles. The molecule has 2 bridgehead atoms. The first-order chi connectivity index (χ1) is 4.85. The summed E-state index contributed by atoms with van der Waals surface area (Å²) in [6.07, 6.45) is 1.29. The summed E-state index contributed by atoms with van der Waals surface area (Å²) in [6, 6.07) is 0.712. The molecule has 58 valence electrons. The smallest absolute Gasteiger partial charge is 0.0657 e. The first-order valence-electron chi connectivity index (χ1n) is 3.82. The number of hydrogen-bond acceptors (Lipinski definition) is 3. The molecule has 3 heterocycles. The molecule has 3 heteroatoms. The zero-order valence-corrected chi connectivity index (χ0v) is 6.31. The van der Waals surface area contributed by atoms with Gasteiger partial charge >= 0.3 is 0 Å². The standard InChI is InChI=1S/C7H14N2O/c1-10-5-7-2-6(9-7)3-8-4-7/h6,8-9H,2-5H2,1H3. The lowest BCUT2D eigenvalue weighted by Gasteiger charge is -2.53. The van der Waals surface area contributed by atoms with Crippen LogP contribution in [0.1, 0.15) is 6.42 Å². The average molecular weight is 142 g/mol. The van der Waals surface area contributed by atoms with Crippen LogP contribution in [0.3, 0.4) is 0 Å². The van der Waals surface area contributed by atoms with Crippen LogP contribution >= 0.6 is 0 Å². The minimum atomic E-state index is 0.289. The van der Waals surface area contributed by atoms with E-state index in [-0.39, 0.29) is 5.54 Å². The Morgan fingerprint density at radius 3 is 3.00 bits per heavy atom. The Bertz CT molecular complexity index is 120. The number of hydrogen-bond donors (Lipinski definition) is 2. The molecule has 0 aliphatic carbocycles. The lowest BCUT2D eigenvalue weighted by Crippen LogP contribution is -2.76. The van der Waals surface area contributed by atoms with Crippen molar-refractivity contribution < 1.29 is 4.74 Å². The van der Waals surface area contributed by atoms with E-state index in [9.17, 15) is 0 Å². The summed E-state index contributed by atoms with van der Waals surface area (Å²) in [5.41, 5.74) is 0.289. The van der Waals surface area contributed by atoms with E-state index < -0.39 is 0 Å². The summed E-state index contributed by atoms with van der Waals surface area (Å²) in [4.78, 5) is 0. The summed E-state index contributed by atoms with van der Waals surface area (Å²) in [5.74, 6) is 0. The van der Waals surface area contributed by atoms with Gasteiger partial charge in [-0.25, -0.2) is 0 Å². The van der Waals surface area contributed by atoms with Crippen LogP contribution < -0.4 is 10.6 Å². The van der Waals surface area contributed by atoms with Crippen LogP contribution in [-0.2, 0) is 4.74 Å². The second kappa shape index (κ2) is 2.19. The molecule has 3 fully saturated rings. The first kappa shape index (κ1) is 6.58. The summed E-state index contributed by atoms with van der Waals surface area (Å²) < 4.78 is 5.12. The number of nitrogens with one attached hydrogen (secondary N) is 2. The van der Waals surface area contributed by atoms with Gasteiger partial charge in [-0.05, 0) is 6.42 Å². The highest BCUT2D eigenvalue weighted by Gasteiger charge is 2.46. The Morgan fingerprint density at radius 2 is 2.50 bits per heavy atom. The average Bonchev–Trinajstić information content (AvgIpc) is 1.87. The second-order valence-electron chi connectivity index (χ2n) is 3.39. The van der Waals surface area contributed by atoms with Gasteiger partial charge in [-0.3, -0.25) is 0 Å². The van der Waals surface area contributed by atoms with Gasteiger partial charge in [0, 0.05) is 26.2 Å². The maximum atomic E-state index is 5.12. The van der Waals surface area contributed by atoms with Crippen molar-refractivity contribution in [2.45, 2.75) is 18.0 Å². The molecule has 10 heavy (non-hydrogen) atoms. The fourth-order valence-corrected chi connectivity index (χ4v) is 2.04. The molecular weight excluding hydrogens is 128 g/mol. The number of fused-ring (bicyclic) bond motifs is 2. The van der Waals surface area contributed by atoms with Crippen molar-refractivity contribution in [2.24, 2.45) is 0 Å². The Hall–Kier alpha value is -0.120. The second-order valence-corrected chi connectivity index (χ2v) is 3.39. The Kier molecular flexibility index (Phi) is 1.44. The molecule has 3 nitrogen and oxygen atoms in total. The van der Waals surface area contributed by atoms with Crippen LogP contribution in [0.25, 0.3) is 0 Å². The third-order valence-electron chi connectivity index (χ3n) is 2.42. The van der Waals surface area contributed by atoms with E-state index >= 15 is 0 Å². The van der Waals surface area contributed by atoms with Crippen molar-refractivity contribution in [2.75, 3.05) is 26.8 Å². The molecule has 0 aromatic carbocycles. The van der Waals surface area contributed by atoms with Crippen molar-refractivity contribution in [1.82, 2.24) is 10.6 Å². The highest BCUT2D eigenvalue weighted by atomic mass is 16.5. The summed E-state index contributed by atoms with van der Waals surface area (Å²) in [6.45, 7) is 3.04. The van der Waals surface area contributed by atoms with Crippen molar-refractivity contribution in [3.05, 3.63) is 0 Å². The van der Waals surface area contributed by atoms with Gasteiger partial charge in [0.1, 0.15) is 0 Å². The number of piperidine rings is 1. The fourth-order valence-electron chi connectivity index (χ4n) is 2.04. The zero-order valence-electron chi connectivity index (χ0n) is 6.31. The van der Waals surface area contributed by atoms with E-state index in [2.05, 4.69) is 10.6 Å². The highest BCUT2D eigenvalue weighted by Crippen LogP contribution is 2.27. The predicted molar refractivity (Wildman–Crippen MR) is 39.0 cm³/mol. The van der Waals surface area contributed by atoms with Gasteiger partial charge in [0.2, 0.25) is 0 Å². The molecule has 3 aliphatic rings. The van der Waals surface area contributed by atoms with Crippen LogP contribution in [0.4, 0.5) is 0 Å². The van der Waals surface area contributed by atoms with Crippen LogP contribution in [-0.4, -0.2) is 38.4 Å².